The highest BCUT2D eigenvalue weighted by Gasteiger charge is 2.28. The molecule has 1 fully saturated rings. The first-order chi connectivity index (χ1) is 15.3. The van der Waals surface area contributed by atoms with Crippen LogP contribution in [0.15, 0.2) is 30.3 Å². The number of aromatic amines is 1. The number of morpholine rings is 1. The van der Waals surface area contributed by atoms with Crippen LogP contribution in [0.1, 0.15) is 37.7 Å². The summed E-state index contributed by atoms with van der Waals surface area (Å²) in [4.78, 5) is 15.0. The van der Waals surface area contributed by atoms with Crippen LogP contribution in [0.25, 0.3) is 0 Å². The molecule has 0 saturated carbocycles. The number of ether oxygens (including phenoxy) is 2. The molecule has 1 amide bonds. The molecular formula is C22H34N6O3S. The van der Waals surface area contributed by atoms with Crippen LogP contribution < -0.4 is 11.1 Å². The third-order valence-corrected chi connectivity index (χ3v) is 5.66. The van der Waals surface area contributed by atoms with Crippen LogP contribution in [0, 0.1) is 4.77 Å². The zero-order valence-corrected chi connectivity index (χ0v) is 19.7. The molecule has 1 aliphatic rings. The van der Waals surface area contributed by atoms with Crippen molar-refractivity contribution < 1.29 is 14.3 Å². The molecule has 0 bridgehead atoms. The molecule has 32 heavy (non-hydrogen) atoms. The lowest BCUT2D eigenvalue weighted by molar-refractivity contribution is -0.126. The van der Waals surface area contributed by atoms with Gasteiger partial charge >= 0.3 is 0 Å². The van der Waals surface area contributed by atoms with Crippen molar-refractivity contribution >= 4 is 18.1 Å². The minimum Gasteiger partial charge on any atom is -0.379 e. The van der Waals surface area contributed by atoms with Crippen LogP contribution in [0.4, 0.5) is 0 Å². The number of H-pyrrole nitrogens is 1. The summed E-state index contributed by atoms with van der Waals surface area (Å²) in [5.74, 6) is 0.363. The summed E-state index contributed by atoms with van der Waals surface area (Å²) < 4.78 is 13.8. The lowest BCUT2D eigenvalue weighted by Gasteiger charge is -2.27. The number of benzene rings is 1. The van der Waals surface area contributed by atoms with E-state index in [9.17, 15) is 4.79 Å². The van der Waals surface area contributed by atoms with E-state index in [2.05, 4.69) is 20.4 Å². The molecule has 1 aliphatic heterocycles. The fraction of sp³-hybridized carbons (Fsp3) is 0.591. The van der Waals surface area contributed by atoms with Crippen LogP contribution in [0.3, 0.4) is 0 Å². The Morgan fingerprint density at radius 1 is 1.31 bits per heavy atom. The Morgan fingerprint density at radius 3 is 2.72 bits per heavy atom. The minimum atomic E-state index is -1.02. The van der Waals surface area contributed by atoms with E-state index in [1.165, 1.54) is 0 Å². The Labute approximate surface area is 194 Å². The molecule has 1 unspecified atom stereocenters. The van der Waals surface area contributed by atoms with Gasteiger partial charge in [0.2, 0.25) is 5.91 Å². The Morgan fingerprint density at radius 2 is 2.03 bits per heavy atom. The standard InChI is InChI=1S/C22H34N6O3S/c1-22(2,23)20(29)24-18(16-31-15-17-7-4-3-5-8-17)19-25-26-21(32)28(19)10-6-9-27-11-13-30-14-12-27/h3-5,7-8,18H,6,9-16,23H2,1-2H3,(H,24,29)(H,26,32). The summed E-state index contributed by atoms with van der Waals surface area (Å²) in [5, 5.41) is 10.3. The molecule has 1 aromatic heterocycles. The zero-order valence-electron chi connectivity index (χ0n) is 18.9. The highest BCUT2D eigenvalue weighted by atomic mass is 32.1. The second-order valence-corrected chi connectivity index (χ2v) is 8.98. The molecule has 4 N–H and O–H groups in total. The van der Waals surface area contributed by atoms with Gasteiger partial charge in [0.25, 0.3) is 0 Å². The fourth-order valence-corrected chi connectivity index (χ4v) is 3.71. The highest BCUT2D eigenvalue weighted by Crippen LogP contribution is 2.15. The quantitative estimate of drug-likeness (QED) is 0.437. The number of hydrogen-bond donors (Lipinski definition) is 3. The molecule has 0 aliphatic carbocycles. The van der Waals surface area contributed by atoms with Crippen molar-refractivity contribution in [1.29, 1.82) is 0 Å². The Bertz CT molecular complexity index is 902. The number of carbonyl (C=O) groups excluding carboxylic acids is 1. The maximum absolute atomic E-state index is 12.6. The molecule has 0 spiro atoms. The molecule has 1 saturated heterocycles. The number of aromatic nitrogens is 3. The van der Waals surface area contributed by atoms with E-state index in [4.69, 9.17) is 27.4 Å². The van der Waals surface area contributed by atoms with Crippen molar-refractivity contribution in [3.63, 3.8) is 0 Å². The first-order valence-electron chi connectivity index (χ1n) is 11.0. The highest BCUT2D eigenvalue weighted by molar-refractivity contribution is 7.71. The van der Waals surface area contributed by atoms with Gasteiger partial charge in [0.15, 0.2) is 10.6 Å². The summed E-state index contributed by atoms with van der Waals surface area (Å²) in [6, 6.07) is 9.41. The molecule has 1 atom stereocenters. The van der Waals surface area contributed by atoms with Gasteiger partial charge < -0.3 is 25.1 Å². The number of carbonyl (C=O) groups is 1. The van der Waals surface area contributed by atoms with E-state index >= 15 is 0 Å². The number of rotatable bonds is 11. The van der Waals surface area contributed by atoms with Gasteiger partial charge in [-0.3, -0.25) is 14.8 Å². The van der Waals surface area contributed by atoms with E-state index < -0.39 is 11.6 Å². The van der Waals surface area contributed by atoms with Gasteiger partial charge in [-0.05, 0) is 38.0 Å². The number of nitrogens with two attached hydrogens (primary N) is 1. The van der Waals surface area contributed by atoms with E-state index in [0.29, 0.717) is 23.7 Å². The van der Waals surface area contributed by atoms with Crippen molar-refractivity contribution in [3.05, 3.63) is 46.5 Å². The van der Waals surface area contributed by atoms with Gasteiger partial charge in [-0.2, -0.15) is 5.10 Å². The molecule has 3 rings (SSSR count). The molecule has 10 heteroatoms. The number of nitrogens with zero attached hydrogens (tertiary/aromatic N) is 3. The van der Waals surface area contributed by atoms with Crippen molar-refractivity contribution in [1.82, 2.24) is 25.0 Å². The van der Waals surface area contributed by atoms with E-state index in [0.717, 1.165) is 44.8 Å². The monoisotopic (exact) mass is 462 g/mol. The van der Waals surface area contributed by atoms with Crippen LogP contribution in [0.2, 0.25) is 0 Å². The summed E-state index contributed by atoms with van der Waals surface area (Å²) >= 11 is 5.47. The second kappa shape index (κ2) is 11.7. The topological polar surface area (TPSA) is 110 Å². The SMILES string of the molecule is CC(C)(N)C(=O)NC(COCc1ccccc1)c1n[nH]c(=S)n1CCCN1CCOCC1. The summed E-state index contributed by atoms with van der Waals surface area (Å²) in [7, 11) is 0. The second-order valence-electron chi connectivity index (χ2n) is 8.59. The third kappa shape index (κ3) is 7.21. The minimum absolute atomic E-state index is 0.250. The van der Waals surface area contributed by atoms with Crippen LogP contribution >= 0.6 is 12.2 Å². The number of amides is 1. The molecule has 2 aromatic rings. The first kappa shape index (κ1) is 24.5. The molecule has 1 aromatic carbocycles. The molecule has 176 valence electrons. The largest absolute Gasteiger partial charge is 0.379 e. The predicted molar refractivity (Wildman–Crippen MR) is 125 cm³/mol. The molecule has 9 nitrogen and oxygen atoms in total. The maximum atomic E-state index is 12.6. The van der Waals surface area contributed by atoms with Gasteiger partial charge in [-0.15, -0.1) is 0 Å². The lowest BCUT2D eigenvalue weighted by Crippen LogP contribution is -2.51. The van der Waals surface area contributed by atoms with E-state index in [1.807, 2.05) is 34.9 Å². The van der Waals surface area contributed by atoms with Gasteiger partial charge in [0.05, 0.1) is 32.0 Å². The maximum Gasteiger partial charge on any atom is 0.240 e. The summed E-state index contributed by atoms with van der Waals surface area (Å²) in [5.41, 5.74) is 6.04. The Hall–Kier alpha value is -2.11. The smallest absolute Gasteiger partial charge is 0.240 e. The average molecular weight is 463 g/mol. The van der Waals surface area contributed by atoms with Gasteiger partial charge in [0, 0.05) is 26.2 Å². The van der Waals surface area contributed by atoms with Crippen molar-refractivity contribution in [2.75, 3.05) is 39.5 Å². The van der Waals surface area contributed by atoms with Gasteiger partial charge in [-0.25, -0.2) is 0 Å². The lowest BCUT2D eigenvalue weighted by atomic mass is 10.1. The zero-order chi connectivity index (χ0) is 23.0. The number of hydrogen-bond acceptors (Lipinski definition) is 7. The van der Waals surface area contributed by atoms with Crippen molar-refractivity contribution in [2.24, 2.45) is 5.73 Å². The normalized spacial score (nSPS) is 16.1. The molecule has 0 radical (unpaired) electrons. The van der Waals surface area contributed by atoms with Gasteiger partial charge in [-0.1, -0.05) is 30.3 Å². The Kier molecular flexibility index (Phi) is 8.94. The average Bonchev–Trinajstić information content (AvgIpc) is 3.14. The van der Waals surface area contributed by atoms with Crippen LogP contribution in [-0.2, 0) is 27.4 Å². The van der Waals surface area contributed by atoms with Gasteiger partial charge in [0.1, 0.15) is 6.04 Å². The fourth-order valence-electron chi connectivity index (χ4n) is 3.48. The Balaban J connectivity index is 1.68. The van der Waals surface area contributed by atoms with Crippen LogP contribution in [-0.4, -0.2) is 70.6 Å². The molecular weight excluding hydrogens is 428 g/mol. The van der Waals surface area contributed by atoms with Crippen molar-refractivity contribution in [3.8, 4) is 0 Å². The third-order valence-electron chi connectivity index (χ3n) is 5.35. The van der Waals surface area contributed by atoms with E-state index in [1.54, 1.807) is 13.8 Å². The van der Waals surface area contributed by atoms with Crippen LogP contribution in [0.5, 0.6) is 0 Å². The first-order valence-corrected chi connectivity index (χ1v) is 11.4. The predicted octanol–water partition coefficient (Wildman–Crippen LogP) is 1.77. The summed E-state index contributed by atoms with van der Waals surface area (Å²) in [6.07, 6.45) is 0.911. The van der Waals surface area contributed by atoms with E-state index in [-0.39, 0.29) is 12.5 Å². The number of nitrogens with one attached hydrogen (secondary N) is 2. The summed E-state index contributed by atoms with van der Waals surface area (Å²) in [6.45, 7) is 9.11. The van der Waals surface area contributed by atoms with Crippen molar-refractivity contribution in [2.45, 2.75) is 45.0 Å². The molecule has 2 heterocycles.